The summed E-state index contributed by atoms with van der Waals surface area (Å²) in [5.41, 5.74) is 1.29. The quantitative estimate of drug-likeness (QED) is 0.526. The zero-order chi connectivity index (χ0) is 18.4. The van der Waals surface area contributed by atoms with Crippen LogP contribution in [-0.4, -0.2) is 15.8 Å². The van der Waals surface area contributed by atoms with Gasteiger partial charge < -0.3 is 5.32 Å². The molecule has 0 saturated heterocycles. The van der Waals surface area contributed by atoms with Gasteiger partial charge in [-0.15, -0.1) is 0 Å². The Labute approximate surface area is 154 Å². The van der Waals surface area contributed by atoms with E-state index in [-0.39, 0.29) is 18.1 Å². The highest BCUT2D eigenvalue weighted by molar-refractivity contribution is 7.99. The van der Waals surface area contributed by atoms with Crippen LogP contribution < -0.4 is 5.32 Å². The Bertz CT molecular complexity index is 915. The first-order valence-corrected chi connectivity index (χ1v) is 8.64. The summed E-state index contributed by atoms with van der Waals surface area (Å²) in [4.78, 5) is 28.1. The van der Waals surface area contributed by atoms with E-state index in [1.807, 2.05) is 30.3 Å². The molecule has 0 fully saturated rings. The number of nitrogens with one attached hydrogen (secondary N) is 1. The lowest BCUT2D eigenvalue weighted by atomic mass is 10.2. The summed E-state index contributed by atoms with van der Waals surface area (Å²) in [5, 5.41) is 14.1. The lowest BCUT2D eigenvalue weighted by Crippen LogP contribution is -2.23. The summed E-state index contributed by atoms with van der Waals surface area (Å²) in [6.45, 7) is 0.279. The number of carbonyl (C=O) groups is 1. The predicted octanol–water partition coefficient (Wildman–Crippen LogP) is 4.07. The second kappa shape index (κ2) is 8.26. The molecule has 0 bridgehead atoms. The molecule has 3 rings (SSSR count). The van der Waals surface area contributed by atoms with E-state index < -0.39 is 4.92 Å². The number of hydrogen-bond acceptors (Lipinski definition) is 5. The highest BCUT2D eigenvalue weighted by atomic mass is 32.2. The Morgan fingerprint density at radius 1 is 1.04 bits per heavy atom. The number of nitrogens with zero attached hydrogens (tertiary/aromatic N) is 2. The molecule has 0 saturated carbocycles. The summed E-state index contributed by atoms with van der Waals surface area (Å²) in [5.74, 6) is -0.241. The van der Waals surface area contributed by atoms with Gasteiger partial charge in [0.1, 0.15) is 5.03 Å². The van der Waals surface area contributed by atoms with Crippen LogP contribution >= 0.6 is 11.8 Å². The molecular weight excluding hydrogens is 350 g/mol. The van der Waals surface area contributed by atoms with Crippen molar-refractivity contribution in [3.8, 4) is 0 Å². The largest absolute Gasteiger partial charge is 0.348 e. The third-order valence-corrected chi connectivity index (χ3v) is 4.60. The Morgan fingerprint density at radius 2 is 1.77 bits per heavy atom. The van der Waals surface area contributed by atoms with E-state index in [0.29, 0.717) is 10.6 Å². The van der Waals surface area contributed by atoms with Crippen LogP contribution in [0.15, 0.2) is 82.8 Å². The van der Waals surface area contributed by atoms with Crippen LogP contribution in [-0.2, 0) is 6.54 Å². The third-order valence-electron chi connectivity index (χ3n) is 3.57. The van der Waals surface area contributed by atoms with E-state index in [9.17, 15) is 14.9 Å². The molecule has 1 aromatic heterocycles. The zero-order valence-corrected chi connectivity index (χ0v) is 14.5. The minimum Gasteiger partial charge on any atom is -0.348 e. The van der Waals surface area contributed by atoms with Crippen LogP contribution in [0.2, 0.25) is 0 Å². The van der Waals surface area contributed by atoms with Crippen molar-refractivity contribution in [3.05, 3.63) is 94.2 Å². The number of hydrogen-bond donors (Lipinski definition) is 1. The topological polar surface area (TPSA) is 85.1 Å². The standard InChI is InChI=1S/C19H15N3O3S/c23-18(21-13-14-8-10-15(11-9-14)22(24)25)17-7-4-12-20-19(17)26-16-5-2-1-3-6-16/h1-12H,13H2,(H,21,23). The summed E-state index contributed by atoms with van der Waals surface area (Å²) < 4.78 is 0. The molecule has 0 unspecified atom stereocenters. The number of pyridine rings is 1. The van der Waals surface area contributed by atoms with Crippen LogP contribution in [0.3, 0.4) is 0 Å². The molecule has 0 aliphatic carbocycles. The van der Waals surface area contributed by atoms with Crippen molar-refractivity contribution in [3.63, 3.8) is 0 Å². The number of rotatable bonds is 6. The van der Waals surface area contributed by atoms with E-state index in [0.717, 1.165) is 10.5 Å². The molecule has 0 aliphatic heterocycles. The Morgan fingerprint density at radius 3 is 2.46 bits per heavy atom. The fraction of sp³-hybridized carbons (Fsp3) is 0.0526. The van der Waals surface area contributed by atoms with Crippen molar-refractivity contribution >= 4 is 23.4 Å². The zero-order valence-electron chi connectivity index (χ0n) is 13.7. The lowest BCUT2D eigenvalue weighted by Gasteiger charge is -2.09. The van der Waals surface area contributed by atoms with Gasteiger partial charge in [0.2, 0.25) is 0 Å². The van der Waals surface area contributed by atoms with Gasteiger partial charge >= 0.3 is 0 Å². The van der Waals surface area contributed by atoms with Crippen molar-refractivity contribution < 1.29 is 9.72 Å². The number of non-ortho nitro benzene ring substituents is 1. The SMILES string of the molecule is O=C(NCc1ccc([N+](=O)[O-])cc1)c1cccnc1Sc1ccccc1. The normalized spacial score (nSPS) is 10.3. The maximum atomic E-state index is 12.5. The highest BCUT2D eigenvalue weighted by Crippen LogP contribution is 2.28. The van der Waals surface area contributed by atoms with Crippen molar-refractivity contribution in [1.29, 1.82) is 0 Å². The number of carbonyl (C=O) groups excluding carboxylic acids is 1. The minimum absolute atomic E-state index is 0.0221. The Kier molecular flexibility index (Phi) is 5.60. The molecule has 7 heteroatoms. The molecule has 0 spiro atoms. The maximum absolute atomic E-state index is 12.5. The van der Waals surface area contributed by atoms with Crippen molar-refractivity contribution in [1.82, 2.24) is 10.3 Å². The van der Waals surface area contributed by atoms with E-state index in [2.05, 4.69) is 10.3 Å². The predicted molar refractivity (Wildman–Crippen MR) is 99.1 cm³/mol. The number of nitro benzene ring substituents is 1. The molecule has 6 nitrogen and oxygen atoms in total. The fourth-order valence-corrected chi connectivity index (χ4v) is 3.16. The van der Waals surface area contributed by atoms with Gasteiger partial charge in [-0.3, -0.25) is 14.9 Å². The van der Waals surface area contributed by atoms with Gasteiger partial charge in [0.15, 0.2) is 0 Å². The minimum atomic E-state index is -0.453. The van der Waals surface area contributed by atoms with Crippen LogP contribution in [0.25, 0.3) is 0 Å². The summed E-state index contributed by atoms with van der Waals surface area (Å²) >= 11 is 1.42. The average molecular weight is 365 g/mol. The number of benzene rings is 2. The molecule has 0 aliphatic rings. The van der Waals surface area contributed by atoms with Crippen LogP contribution in [0.1, 0.15) is 15.9 Å². The molecule has 1 N–H and O–H groups in total. The first-order chi connectivity index (χ1) is 12.6. The Balaban J connectivity index is 1.69. The highest BCUT2D eigenvalue weighted by Gasteiger charge is 2.13. The van der Waals surface area contributed by atoms with Crippen LogP contribution in [0, 0.1) is 10.1 Å². The third kappa shape index (κ3) is 4.46. The van der Waals surface area contributed by atoms with Gasteiger partial charge in [0, 0.05) is 29.8 Å². The molecule has 2 aromatic carbocycles. The van der Waals surface area contributed by atoms with Crippen molar-refractivity contribution in [2.75, 3.05) is 0 Å². The Hall–Kier alpha value is -3.19. The lowest BCUT2D eigenvalue weighted by molar-refractivity contribution is -0.384. The average Bonchev–Trinajstić information content (AvgIpc) is 2.67. The first kappa shape index (κ1) is 17.6. The molecule has 0 radical (unpaired) electrons. The van der Waals surface area contributed by atoms with E-state index in [4.69, 9.17) is 0 Å². The van der Waals surface area contributed by atoms with Crippen molar-refractivity contribution in [2.45, 2.75) is 16.5 Å². The number of aromatic nitrogens is 1. The van der Waals surface area contributed by atoms with Gasteiger partial charge in [-0.2, -0.15) is 0 Å². The molecule has 3 aromatic rings. The molecule has 1 amide bonds. The molecular formula is C19H15N3O3S. The number of nitro groups is 1. The van der Waals surface area contributed by atoms with Gasteiger partial charge in [0.25, 0.3) is 11.6 Å². The summed E-state index contributed by atoms with van der Waals surface area (Å²) in [6, 6.07) is 19.2. The summed E-state index contributed by atoms with van der Waals surface area (Å²) in [6.07, 6.45) is 1.65. The smallest absolute Gasteiger partial charge is 0.269 e. The van der Waals surface area contributed by atoms with E-state index in [1.165, 1.54) is 23.9 Å². The second-order valence-electron chi connectivity index (χ2n) is 5.38. The van der Waals surface area contributed by atoms with Gasteiger partial charge in [-0.25, -0.2) is 4.98 Å². The maximum Gasteiger partial charge on any atom is 0.269 e. The first-order valence-electron chi connectivity index (χ1n) is 7.83. The van der Waals surface area contributed by atoms with E-state index >= 15 is 0 Å². The monoisotopic (exact) mass is 365 g/mol. The van der Waals surface area contributed by atoms with Crippen LogP contribution in [0.4, 0.5) is 5.69 Å². The number of amides is 1. The van der Waals surface area contributed by atoms with Gasteiger partial charge in [-0.1, -0.05) is 42.1 Å². The fourth-order valence-electron chi connectivity index (χ4n) is 2.26. The van der Waals surface area contributed by atoms with E-state index in [1.54, 1.807) is 30.5 Å². The second-order valence-corrected chi connectivity index (χ2v) is 6.44. The molecule has 26 heavy (non-hydrogen) atoms. The van der Waals surface area contributed by atoms with Gasteiger partial charge in [-0.05, 0) is 29.8 Å². The molecule has 1 heterocycles. The molecule has 0 atom stereocenters. The summed E-state index contributed by atoms with van der Waals surface area (Å²) in [7, 11) is 0. The van der Waals surface area contributed by atoms with Crippen molar-refractivity contribution in [2.24, 2.45) is 0 Å². The molecule has 130 valence electrons. The van der Waals surface area contributed by atoms with Crippen LogP contribution in [0.5, 0.6) is 0 Å². The van der Waals surface area contributed by atoms with Gasteiger partial charge in [0.05, 0.1) is 10.5 Å².